The second kappa shape index (κ2) is 8.09. The van der Waals surface area contributed by atoms with Crippen molar-refractivity contribution in [3.05, 3.63) is 0 Å². The van der Waals surface area contributed by atoms with Crippen molar-refractivity contribution in [2.75, 3.05) is 33.2 Å². The van der Waals surface area contributed by atoms with Crippen molar-refractivity contribution in [3.63, 3.8) is 0 Å². The molecule has 0 spiro atoms. The number of carbonyl (C=O) groups excluding carboxylic acids is 1. The van der Waals surface area contributed by atoms with Crippen molar-refractivity contribution in [1.29, 1.82) is 0 Å². The predicted octanol–water partition coefficient (Wildman–Crippen LogP) is 1.22. The average molecular weight is 285 g/mol. The Morgan fingerprint density at radius 1 is 1.50 bits per heavy atom. The minimum absolute atomic E-state index is 0.00658. The highest BCUT2D eigenvalue weighted by Crippen LogP contribution is 2.18. The number of nitrogens with one attached hydrogen (secondary N) is 1. The standard InChI is InChI=1S/C14H27N3O3/c1-4-17(11(2)8-13(18)19)14(20)16-7-5-6-12(10-16)9-15-3/h11-12,15H,4-10H2,1-3H3,(H,18,19). The molecule has 6 heteroatoms. The number of hydrogen-bond donors (Lipinski definition) is 2. The molecule has 1 heterocycles. The first kappa shape index (κ1) is 16.8. The SMILES string of the molecule is CCN(C(=O)N1CCCC(CNC)C1)C(C)CC(=O)O. The molecule has 0 saturated carbocycles. The fraction of sp³-hybridized carbons (Fsp3) is 0.857. The minimum Gasteiger partial charge on any atom is -0.481 e. The monoisotopic (exact) mass is 285 g/mol. The van der Waals surface area contributed by atoms with Crippen LogP contribution in [0.25, 0.3) is 0 Å². The molecule has 2 unspecified atom stereocenters. The Balaban J connectivity index is 2.63. The summed E-state index contributed by atoms with van der Waals surface area (Å²) in [6.07, 6.45) is 2.15. The zero-order valence-electron chi connectivity index (χ0n) is 12.8. The van der Waals surface area contributed by atoms with Crippen LogP contribution >= 0.6 is 0 Å². The second-order valence-electron chi connectivity index (χ2n) is 5.53. The first-order chi connectivity index (χ1) is 9.49. The van der Waals surface area contributed by atoms with Crippen LogP contribution in [0.5, 0.6) is 0 Å². The first-order valence-corrected chi connectivity index (χ1v) is 7.41. The van der Waals surface area contributed by atoms with E-state index in [9.17, 15) is 9.59 Å². The van der Waals surface area contributed by atoms with Gasteiger partial charge >= 0.3 is 12.0 Å². The van der Waals surface area contributed by atoms with Crippen molar-refractivity contribution in [2.45, 2.75) is 39.2 Å². The highest BCUT2D eigenvalue weighted by molar-refractivity contribution is 5.76. The van der Waals surface area contributed by atoms with Crippen molar-refractivity contribution >= 4 is 12.0 Å². The maximum absolute atomic E-state index is 12.5. The predicted molar refractivity (Wildman–Crippen MR) is 77.7 cm³/mol. The number of hydrogen-bond acceptors (Lipinski definition) is 3. The van der Waals surface area contributed by atoms with E-state index in [1.54, 1.807) is 11.8 Å². The van der Waals surface area contributed by atoms with E-state index >= 15 is 0 Å². The Bertz CT molecular complexity index is 334. The number of carboxylic acids is 1. The minimum atomic E-state index is -0.865. The number of aliphatic carboxylic acids is 1. The van der Waals surface area contributed by atoms with Crippen LogP contribution in [0.2, 0.25) is 0 Å². The molecule has 0 aromatic rings. The van der Waals surface area contributed by atoms with Gasteiger partial charge in [0.1, 0.15) is 0 Å². The molecule has 0 radical (unpaired) electrons. The highest BCUT2D eigenvalue weighted by Gasteiger charge is 2.29. The second-order valence-corrected chi connectivity index (χ2v) is 5.53. The number of carboxylic acid groups (broad SMARTS) is 1. The maximum atomic E-state index is 12.5. The summed E-state index contributed by atoms with van der Waals surface area (Å²) in [7, 11) is 1.92. The largest absolute Gasteiger partial charge is 0.481 e. The Morgan fingerprint density at radius 2 is 2.20 bits per heavy atom. The molecule has 1 aliphatic rings. The fourth-order valence-corrected chi connectivity index (χ4v) is 2.87. The van der Waals surface area contributed by atoms with Crippen LogP contribution in [0.1, 0.15) is 33.1 Å². The summed E-state index contributed by atoms with van der Waals surface area (Å²) in [4.78, 5) is 26.9. The van der Waals surface area contributed by atoms with Crippen LogP contribution in [-0.2, 0) is 4.79 Å². The van der Waals surface area contributed by atoms with E-state index in [4.69, 9.17) is 5.11 Å². The van der Waals surface area contributed by atoms with E-state index in [1.165, 1.54) is 0 Å². The van der Waals surface area contributed by atoms with Crippen molar-refractivity contribution in [1.82, 2.24) is 15.1 Å². The summed E-state index contributed by atoms with van der Waals surface area (Å²) >= 11 is 0. The molecule has 0 aliphatic carbocycles. The number of amides is 2. The zero-order valence-corrected chi connectivity index (χ0v) is 12.8. The highest BCUT2D eigenvalue weighted by atomic mass is 16.4. The van der Waals surface area contributed by atoms with Crippen LogP contribution in [0.15, 0.2) is 0 Å². The van der Waals surface area contributed by atoms with Gasteiger partial charge in [0.25, 0.3) is 0 Å². The number of likely N-dealkylation sites (tertiary alicyclic amines) is 1. The average Bonchev–Trinajstić information content (AvgIpc) is 2.39. The van der Waals surface area contributed by atoms with E-state index in [-0.39, 0.29) is 18.5 Å². The summed E-state index contributed by atoms with van der Waals surface area (Å²) in [6.45, 7) is 6.68. The van der Waals surface area contributed by atoms with Crippen molar-refractivity contribution in [2.24, 2.45) is 5.92 Å². The Labute approximate surface area is 121 Å². The molecule has 116 valence electrons. The van der Waals surface area contributed by atoms with Crippen LogP contribution in [0, 0.1) is 5.92 Å². The lowest BCUT2D eigenvalue weighted by Crippen LogP contribution is -2.51. The van der Waals surface area contributed by atoms with Crippen LogP contribution in [0.4, 0.5) is 4.79 Å². The molecule has 1 fully saturated rings. The maximum Gasteiger partial charge on any atom is 0.320 e. The van der Waals surface area contributed by atoms with Crippen molar-refractivity contribution in [3.8, 4) is 0 Å². The van der Waals surface area contributed by atoms with Gasteiger partial charge in [0, 0.05) is 25.7 Å². The van der Waals surface area contributed by atoms with E-state index in [0.717, 1.165) is 32.5 Å². The fourth-order valence-electron chi connectivity index (χ4n) is 2.87. The molecule has 20 heavy (non-hydrogen) atoms. The van der Waals surface area contributed by atoms with E-state index < -0.39 is 5.97 Å². The van der Waals surface area contributed by atoms with E-state index in [0.29, 0.717) is 12.5 Å². The molecule has 1 saturated heterocycles. The molecule has 6 nitrogen and oxygen atoms in total. The summed E-state index contributed by atoms with van der Waals surface area (Å²) in [5.41, 5.74) is 0. The number of urea groups is 1. The molecular formula is C14H27N3O3. The number of rotatable bonds is 6. The lowest BCUT2D eigenvalue weighted by molar-refractivity contribution is -0.138. The number of piperidine rings is 1. The molecule has 2 amide bonds. The molecule has 0 aromatic carbocycles. The van der Waals surface area contributed by atoms with Crippen molar-refractivity contribution < 1.29 is 14.7 Å². The normalized spacial score (nSPS) is 20.6. The van der Waals surface area contributed by atoms with Gasteiger partial charge in [-0.25, -0.2) is 4.79 Å². The summed E-state index contributed by atoms with van der Waals surface area (Å²) in [6, 6.07) is -0.295. The van der Waals surface area contributed by atoms with Crippen LogP contribution in [-0.4, -0.2) is 66.2 Å². The first-order valence-electron chi connectivity index (χ1n) is 7.41. The summed E-state index contributed by atoms with van der Waals surface area (Å²) < 4.78 is 0. The van der Waals surface area contributed by atoms with E-state index in [2.05, 4.69) is 5.32 Å². The number of nitrogens with zero attached hydrogens (tertiary/aromatic N) is 2. The van der Waals surface area contributed by atoms with Crippen LogP contribution in [0.3, 0.4) is 0 Å². The molecule has 2 atom stereocenters. The molecule has 2 N–H and O–H groups in total. The van der Waals surface area contributed by atoms with Gasteiger partial charge in [-0.3, -0.25) is 4.79 Å². The van der Waals surface area contributed by atoms with Gasteiger partial charge < -0.3 is 20.2 Å². The lowest BCUT2D eigenvalue weighted by Gasteiger charge is -2.38. The van der Waals surface area contributed by atoms with Gasteiger partial charge in [-0.05, 0) is 46.2 Å². The van der Waals surface area contributed by atoms with Gasteiger partial charge in [-0.1, -0.05) is 0 Å². The summed E-state index contributed by atoms with van der Waals surface area (Å²) in [5.74, 6) is -0.373. The van der Waals surface area contributed by atoms with Gasteiger partial charge in [-0.2, -0.15) is 0 Å². The molecule has 0 aromatic heterocycles. The van der Waals surface area contributed by atoms with Gasteiger partial charge in [-0.15, -0.1) is 0 Å². The lowest BCUT2D eigenvalue weighted by atomic mass is 9.98. The Kier molecular flexibility index (Phi) is 6.78. The topological polar surface area (TPSA) is 72.9 Å². The quantitative estimate of drug-likeness (QED) is 0.769. The molecular weight excluding hydrogens is 258 g/mol. The van der Waals surface area contributed by atoms with Gasteiger partial charge in [0.05, 0.1) is 6.42 Å². The summed E-state index contributed by atoms with van der Waals surface area (Å²) in [5, 5.41) is 12.0. The van der Waals surface area contributed by atoms with E-state index in [1.807, 2.05) is 18.9 Å². The third kappa shape index (κ3) is 4.67. The number of carbonyl (C=O) groups is 2. The zero-order chi connectivity index (χ0) is 15.1. The third-order valence-electron chi connectivity index (χ3n) is 3.87. The van der Waals surface area contributed by atoms with Gasteiger partial charge in [0.15, 0.2) is 0 Å². The molecule has 1 rings (SSSR count). The molecule has 1 aliphatic heterocycles. The van der Waals surface area contributed by atoms with Crippen LogP contribution < -0.4 is 5.32 Å². The smallest absolute Gasteiger partial charge is 0.320 e. The molecule has 0 bridgehead atoms. The Hall–Kier alpha value is -1.30. The van der Waals surface area contributed by atoms with Gasteiger partial charge in [0.2, 0.25) is 0 Å². The third-order valence-corrected chi connectivity index (χ3v) is 3.87. The Morgan fingerprint density at radius 3 is 2.75 bits per heavy atom.